The first kappa shape index (κ1) is 24.4. The standard InChI is InChI=1S/C25H29N5O5/c1-15-12-17(24(33)29-8-2-3-9-29)14-19(13-15)30-10-11-35-21(25(30)34)20(31)23(32)28-18-6-4-16(5-7-18)22(26)27/h4-7,12-14,20-21,31H,2-3,8-11H2,1H3,(H3,26,27)(H,28,32). The number of morpholine rings is 1. The number of nitrogens with zero attached hydrogens (tertiary/aromatic N) is 2. The van der Waals surface area contributed by atoms with Gasteiger partial charge >= 0.3 is 0 Å². The number of aryl methyl sites for hydroxylation is 1. The Hall–Kier alpha value is -3.76. The van der Waals surface area contributed by atoms with Crippen LogP contribution in [-0.4, -0.2) is 72.0 Å². The lowest BCUT2D eigenvalue weighted by molar-refractivity contribution is -0.150. The number of aliphatic hydroxyl groups excluding tert-OH is 1. The number of nitrogens with two attached hydrogens (primary N) is 1. The monoisotopic (exact) mass is 479 g/mol. The lowest BCUT2D eigenvalue weighted by Crippen LogP contribution is -2.55. The molecule has 2 unspecified atom stereocenters. The molecular formula is C25H29N5O5. The van der Waals surface area contributed by atoms with E-state index in [0.717, 1.165) is 31.5 Å². The van der Waals surface area contributed by atoms with Crippen LogP contribution in [0, 0.1) is 12.3 Å². The number of hydrogen-bond acceptors (Lipinski definition) is 6. The van der Waals surface area contributed by atoms with Gasteiger partial charge in [-0.05, 0) is 67.8 Å². The van der Waals surface area contributed by atoms with E-state index in [1.807, 2.05) is 6.92 Å². The van der Waals surface area contributed by atoms with Gasteiger partial charge in [-0.3, -0.25) is 19.8 Å². The number of carbonyl (C=O) groups excluding carboxylic acids is 3. The highest BCUT2D eigenvalue weighted by Gasteiger charge is 2.39. The van der Waals surface area contributed by atoms with Crippen LogP contribution in [0.5, 0.6) is 0 Å². The molecule has 0 aliphatic carbocycles. The van der Waals surface area contributed by atoms with E-state index in [0.29, 0.717) is 22.5 Å². The molecule has 2 fully saturated rings. The Bertz CT molecular complexity index is 1140. The van der Waals surface area contributed by atoms with Crippen molar-refractivity contribution in [2.45, 2.75) is 32.0 Å². The molecule has 2 aliphatic rings. The summed E-state index contributed by atoms with van der Waals surface area (Å²) in [5, 5.41) is 20.6. The van der Waals surface area contributed by atoms with E-state index in [2.05, 4.69) is 5.32 Å². The highest BCUT2D eigenvalue weighted by atomic mass is 16.5. The number of likely N-dealkylation sites (tertiary alicyclic amines) is 1. The second kappa shape index (κ2) is 10.2. The third kappa shape index (κ3) is 5.33. The van der Waals surface area contributed by atoms with Crippen molar-refractivity contribution in [3.8, 4) is 0 Å². The Balaban J connectivity index is 1.48. The molecule has 0 spiro atoms. The second-order valence-corrected chi connectivity index (χ2v) is 8.76. The number of hydrogen-bond donors (Lipinski definition) is 4. The van der Waals surface area contributed by atoms with Crippen molar-refractivity contribution in [2.24, 2.45) is 5.73 Å². The lowest BCUT2D eigenvalue weighted by atomic mass is 10.1. The van der Waals surface area contributed by atoms with Crippen molar-refractivity contribution in [2.75, 3.05) is 36.5 Å². The number of aliphatic hydroxyl groups is 1. The van der Waals surface area contributed by atoms with Gasteiger partial charge in [0, 0.05) is 42.1 Å². The molecule has 2 saturated heterocycles. The summed E-state index contributed by atoms with van der Waals surface area (Å²) in [7, 11) is 0. The summed E-state index contributed by atoms with van der Waals surface area (Å²) >= 11 is 0. The molecule has 10 heteroatoms. The van der Waals surface area contributed by atoms with Crippen molar-refractivity contribution in [3.63, 3.8) is 0 Å². The zero-order chi connectivity index (χ0) is 25.1. The van der Waals surface area contributed by atoms with E-state index in [9.17, 15) is 19.5 Å². The summed E-state index contributed by atoms with van der Waals surface area (Å²) in [6, 6.07) is 11.5. The number of ether oxygens (including phenoxy) is 1. The van der Waals surface area contributed by atoms with Crippen LogP contribution >= 0.6 is 0 Å². The molecule has 0 radical (unpaired) electrons. The maximum Gasteiger partial charge on any atom is 0.259 e. The molecular weight excluding hydrogens is 450 g/mol. The molecule has 10 nitrogen and oxygen atoms in total. The van der Waals surface area contributed by atoms with Crippen LogP contribution in [0.15, 0.2) is 42.5 Å². The van der Waals surface area contributed by atoms with E-state index < -0.39 is 24.0 Å². The first-order chi connectivity index (χ1) is 16.7. The summed E-state index contributed by atoms with van der Waals surface area (Å²) < 4.78 is 5.48. The molecule has 5 N–H and O–H groups in total. The normalized spacial score (nSPS) is 18.9. The second-order valence-electron chi connectivity index (χ2n) is 8.76. The largest absolute Gasteiger partial charge is 0.384 e. The minimum absolute atomic E-state index is 0.0695. The Morgan fingerprint density at radius 1 is 1.11 bits per heavy atom. The summed E-state index contributed by atoms with van der Waals surface area (Å²) in [6.45, 7) is 3.65. The van der Waals surface area contributed by atoms with Gasteiger partial charge in [0.2, 0.25) is 0 Å². The fraction of sp³-hybridized carbons (Fsp3) is 0.360. The molecule has 0 bridgehead atoms. The van der Waals surface area contributed by atoms with Crippen molar-refractivity contribution in [1.29, 1.82) is 5.41 Å². The van der Waals surface area contributed by atoms with Crippen molar-refractivity contribution >= 4 is 34.9 Å². The number of amidine groups is 1. The van der Waals surface area contributed by atoms with Gasteiger partial charge in [0.15, 0.2) is 12.2 Å². The highest BCUT2D eigenvalue weighted by molar-refractivity contribution is 6.05. The SMILES string of the molecule is Cc1cc(C(=O)N2CCCC2)cc(N2CCOC(C(O)C(=O)Nc3ccc(C(=N)N)cc3)C2=O)c1. The minimum atomic E-state index is -1.74. The van der Waals surface area contributed by atoms with Gasteiger partial charge in [0.05, 0.1) is 6.61 Å². The zero-order valence-electron chi connectivity index (χ0n) is 19.5. The third-order valence-corrected chi connectivity index (χ3v) is 6.15. The summed E-state index contributed by atoms with van der Waals surface area (Å²) in [4.78, 5) is 42.0. The number of nitrogen functional groups attached to an aromatic ring is 1. The number of anilines is 2. The van der Waals surface area contributed by atoms with Gasteiger partial charge in [-0.25, -0.2) is 0 Å². The molecule has 0 aromatic heterocycles. The number of amides is 3. The van der Waals surface area contributed by atoms with Gasteiger partial charge in [0.1, 0.15) is 5.84 Å². The van der Waals surface area contributed by atoms with Crippen LogP contribution in [0.1, 0.15) is 34.3 Å². The molecule has 35 heavy (non-hydrogen) atoms. The summed E-state index contributed by atoms with van der Waals surface area (Å²) in [5.41, 5.74) is 8.16. The lowest BCUT2D eigenvalue weighted by Gasteiger charge is -2.34. The fourth-order valence-electron chi connectivity index (χ4n) is 4.32. The Labute approximate surface area is 203 Å². The molecule has 2 atom stereocenters. The van der Waals surface area contributed by atoms with Crippen LogP contribution in [0.4, 0.5) is 11.4 Å². The highest BCUT2D eigenvalue weighted by Crippen LogP contribution is 2.25. The van der Waals surface area contributed by atoms with Crippen molar-refractivity contribution < 1.29 is 24.2 Å². The van der Waals surface area contributed by atoms with Gasteiger partial charge in [-0.15, -0.1) is 0 Å². The van der Waals surface area contributed by atoms with E-state index in [1.165, 1.54) is 4.90 Å². The fourth-order valence-corrected chi connectivity index (χ4v) is 4.32. The number of carbonyl (C=O) groups is 3. The van der Waals surface area contributed by atoms with Crippen LogP contribution < -0.4 is 16.0 Å². The first-order valence-corrected chi connectivity index (χ1v) is 11.5. The van der Waals surface area contributed by atoms with Crippen LogP contribution in [-0.2, 0) is 14.3 Å². The van der Waals surface area contributed by atoms with E-state index in [1.54, 1.807) is 47.4 Å². The number of rotatable bonds is 6. The average molecular weight is 480 g/mol. The zero-order valence-corrected chi connectivity index (χ0v) is 19.5. The molecule has 4 rings (SSSR count). The Kier molecular flexibility index (Phi) is 7.13. The van der Waals surface area contributed by atoms with Gasteiger partial charge in [-0.1, -0.05) is 0 Å². The van der Waals surface area contributed by atoms with Gasteiger partial charge in [0.25, 0.3) is 17.7 Å². The summed E-state index contributed by atoms with van der Waals surface area (Å²) in [6.07, 6.45) is -1.17. The van der Waals surface area contributed by atoms with Crippen molar-refractivity contribution in [3.05, 3.63) is 59.2 Å². The van der Waals surface area contributed by atoms with Gasteiger partial charge in [-0.2, -0.15) is 0 Å². The number of benzene rings is 2. The summed E-state index contributed by atoms with van der Waals surface area (Å²) in [5.74, 6) is -1.53. The predicted molar refractivity (Wildman–Crippen MR) is 131 cm³/mol. The topological polar surface area (TPSA) is 149 Å². The van der Waals surface area contributed by atoms with Crippen LogP contribution in [0.2, 0.25) is 0 Å². The van der Waals surface area contributed by atoms with E-state index >= 15 is 0 Å². The molecule has 2 aromatic rings. The van der Waals surface area contributed by atoms with Crippen LogP contribution in [0.3, 0.4) is 0 Å². The molecule has 184 valence electrons. The molecule has 2 aliphatic heterocycles. The molecule has 2 aromatic carbocycles. The predicted octanol–water partition coefficient (Wildman–Crippen LogP) is 1.25. The van der Waals surface area contributed by atoms with Crippen LogP contribution in [0.25, 0.3) is 0 Å². The van der Waals surface area contributed by atoms with E-state index in [-0.39, 0.29) is 24.9 Å². The quantitative estimate of drug-likeness (QED) is 0.362. The average Bonchev–Trinajstić information content (AvgIpc) is 3.38. The van der Waals surface area contributed by atoms with E-state index in [4.69, 9.17) is 15.9 Å². The minimum Gasteiger partial charge on any atom is -0.384 e. The molecule has 3 amide bonds. The Morgan fingerprint density at radius 2 is 1.80 bits per heavy atom. The smallest absolute Gasteiger partial charge is 0.259 e. The van der Waals surface area contributed by atoms with Gasteiger partial charge < -0.3 is 30.7 Å². The molecule has 2 heterocycles. The first-order valence-electron chi connectivity index (χ1n) is 11.5. The molecule has 0 saturated carbocycles. The Morgan fingerprint density at radius 3 is 2.46 bits per heavy atom. The third-order valence-electron chi connectivity index (χ3n) is 6.15. The maximum absolute atomic E-state index is 13.2. The number of nitrogens with one attached hydrogen (secondary N) is 2. The maximum atomic E-state index is 13.2. The van der Waals surface area contributed by atoms with Crippen molar-refractivity contribution in [1.82, 2.24) is 4.90 Å².